The topological polar surface area (TPSA) is 30.5 Å². The fourth-order valence-electron chi connectivity index (χ4n) is 2.20. The summed E-state index contributed by atoms with van der Waals surface area (Å²) in [5, 5.41) is 0. The van der Waals surface area contributed by atoms with Gasteiger partial charge in [0.1, 0.15) is 6.10 Å². The van der Waals surface area contributed by atoms with Crippen molar-refractivity contribution in [1.82, 2.24) is 4.89 Å². The Bertz CT molecular complexity index is 397. The number of nitrogens with one attached hydrogen (secondary N) is 1. The molecule has 1 atom stereocenters. The highest BCUT2D eigenvalue weighted by Crippen LogP contribution is 2.29. The molecule has 0 aromatic heterocycles. The predicted octanol–water partition coefficient (Wildman–Crippen LogP) is 3.57. The van der Waals surface area contributed by atoms with Crippen LogP contribution in [0.25, 0.3) is 0 Å². The Labute approximate surface area is 112 Å². The molecule has 1 aliphatic rings. The summed E-state index contributed by atoms with van der Waals surface area (Å²) in [6.45, 7) is 1.86. The highest BCUT2D eigenvalue weighted by molar-refractivity contribution is 7.77. The molecule has 2 rings (SSSR count). The van der Waals surface area contributed by atoms with Gasteiger partial charge in [-0.05, 0) is 50.3 Å². The Balaban J connectivity index is 2.10. The van der Waals surface area contributed by atoms with E-state index in [0.29, 0.717) is 5.75 Å². The van der Waals surface area contributed by atoms with Crippen molar-refractivity contribution in [2.75, 3.05) is 0 Å². The second-order valence-corrected chi connectivity index (χ2v) is 4.75. The molecule has 1 aromatic rings. The van der Waals surface area contributed by atoms with Crippen LogP contribution in [-0.2, 0) is 4.84 Å². The third-order valence-corrected chi connectivity index (χ3v) is 3.36. The summed E-state index contributed by atoms with van der Waals surface area (Å²) in [4.78, 5) is 7.46. The van der Waals surface area contributed by atoms with Crippen LogP contribution in [0.1, 0.15) is 44.3 Å². The molecule has 0 radical (unpaired) electrons. The molecular formula is C13H18FNO2S. The van der Waals surface area contributed by atoms with Crippen LogP contribution in [0.2, 0.25) is 0 Å². The van der Waals surface area contributed by atoms with Crippen molar-refractivity contribution in [2.45, 2.75) is 44.8 Å². The molecule has 100 valence electrons. The van der Waals surface area contributed by atoms with E-state index in [2.05, 4.69) is 17.7 Å². The second-order valence-electron chi connectivity index (χ2n) is 4.57. The van der Waals surface area contributed by atoms with Gasteiger partial charge in [-0.15, -0.1) is 4.89 Å². The Morgan fingerprint density at radius 3 is 2.78 bits per heavy atom. The SMILES string of the molecule is CC(ONS)c1ccc(F)c(OC2CCCC2)c1. The smallest absolute Gasteiger partial charge is 0.165 e. The Morgan fingerprint density at radius 1 is 1.39 bits per heavy atom. The first kappa shape index (κ1) is 13.6. The van der Waals surface area contributed by atoms with Crippen LogP contribution in [0.15, 0.2) is 18.2 Å². The first-order valence-corrected chi connectivity index (χ1v) is 6.66. The van der Waals surface area contributed by atoms with Crippen molar-refractivity contribution < 1.29 is 14.0 Å². The Kier molecular flexibility index (Phi) is 4.86. The summed E-state index contributed by atoms with van der Waals surface area (Å²) < 4.78 is 19.4. The van der Waals surface area contributed by atoms with E-state index < -0.39 is 0 Å². The largest absolute Gasteiger partial charge is 0.487 e. The summed E-state index contributed by atoms with van der Waals surface area (Å²) in [6, 6.07) is 4.80. The minimum Gasteiger partial charge on any atom is -0.487 e. The first-order valence-electron chi connectivity index (χ1n) is 6.21. The van der Waals surface area contributed by atoms with Crippen LogP contribution in [0.5, 0.6) is 5.75 Å². The van der Waals surface area contributed by atoms with E-state index in [1.165, 1.54) is 6.07 Å². The van der Waals surface area contributed by atoms with E-state index in [1.54, 1.807) is 12.1 Å². The van der Waals surface area contributed by atoms with Gasteiger partial charge in [0.05, 0.1) is 6.10 Å². The molecule has 1 saturated carbocycles. The molecule has 1 N–H and O–H groups in total. The predicted molar refractivity (Wildman–Crippen MR) is 70.9 cm³/mol. The highest BCUT2D eigenvalue weighted by Gasteiger charge is 2.19. The average molecular weight is 271 g/mol. The number of hydrogen-bond donors (Lipinski definition) is 2. The number of rotatable bonds is 5. The summed E-state index contributed by atoms with van der Waals surface area (Å²) in [5.74, 6) is -0.00861. The van der Waals surface area contributed by atoms with Crippen LogP contribution in [0.4, 0.5) is 4.39 Å². The molecule has 0 heterocycles. The molecule has 18 heavy (non-hydrogen) atoms. The van der Waals surface area contributed by atoms with E-state index in [4.69, 9.17) is 9.57 Å². The van der Waals surface area contributed by atoms with E-state index in [0.717, 1.165) is 31.2 Å². The van der Waals surface area contributed by atoms with Gasteiger partial charge < -0.3 is 4.74 Å². The monoisotopic (exact) mass is 271 g/mol. The van der Waals surface area contributed by atoms with Crippen LogP contribution >= 0.6 is 12.8 Å². The van der Waals surface area contributed by atoms with E-state index >= 15 is 0 Å². The maximum atomic E-state index is 13.7. The van der Waals surface area contributed by atoms with Crippen molar-refractivity contribution in [3.8, 4) is 5.75 Å². The van der Waals surface area contributed by atoms with Crippen molar-refractivity contribution in [1.29, 1.82) is 0 Å². The third-order valence-electron chi connectivity index (χ3n) is 3.25. The average Bonchev–Trinajstić information content (AvgIpc) is 2.85. The normalized spacial score (nSPS) is 17.9. The maximum Gasteiger partial charge on any atom is 0.165 e. The van der Waals surface area contributed by atoms with E-state index in [1.807, 2.05) is 6.92 Å². The highest BCUT2D eigenvalue weighted by atomic mass is 32.1. The van der Waals surface area contributed by atoms with Gasteiger partial charge in [-0.1, -0.05) is 18.9 Å². The third kappa shape index (κ3) is 3.37. The molecule has 0 bridgehead atoms. The van der Waals surface area contributed by atoms with E-state index in [-0.39, 0.29) is 18.0 Å². The fraction of sp³-hybridized carbons (Fsp3) is 0.538. The molecule has 3 nitrogen and oxygen atoms in total. The molecule has 0 amide bonds. The molecular weight excluding hydrogens is 253 g/mol. The van der Waals surface area contributed by atoms with Crippen LogP contribution in [-0.4, -0.2) is 6.10 Å². The zero-order chi connectivity index (χ0) is 13.0. The van der Waals surface area contributed by atoms with Gasteiger partial charge in [-0.2, -0.15) is 0 Å². The number of hydrogen-bond acceptors (Lipinski definition) is 4. The van der Waals surface area contributed by atoms with Crippen molar-refractivity contribution in [3.05, 3.63) is 29.6 Å². The molecule has 0 spiro atoms. The molecule has 0 aliphatic heterocycles. The van der Waals surface area contributed by atoms with Crippen LogP contribution in [0.3, 0.4) is 0 Å². The fourth-order valence-corrected chi connectivity index (χ4v) is 2.35. The summed E-state index contributed by atoms with van der Waals surface area (Å²) in [6.07, 6.45) is 4.27. The maximum absolute atomic E-state index is 13.7. The number of benzene rings is 1. The summed E-state index contributed by atoms with van der Waals surface area (Å²) in [7, 11) is 0. The van der Waals surface area contributed by atoms with Gasteiger partial charge in [0.2, 0.25) is 0 Å². The number of halogens is 1. The lowest BCUT2D eigenvalue weighted by atomic mass is 10.1. The quantitative estimate of drug-likeness (QED) is 0.634. The lowest BCUT2D eigenvalue weighted by molar-refractivity contribution is 0.0353. The Hall–Kier alpha value is -0.780. The molecule has 5 heteroatoms. The number of thiol groups is 1. The molecule has 1 aliphatic carbocycles. The van der Waals surface area contributed by atoms with E-state index in [9.17, 15) is 4.39 Å². The minimum atomic E-state index is -0.323. The van der Waals surface area contributed by atoms with Crippen molar-refractivity contribution in [3.63, 3.8) is 0 Å². The Morgan fingerprint density at radius 2 is 2.11 bits per heavy atom. The minimum absolute atomic E-state index is 0.147. The number of ether oxygens (including phenoxy) is 1. The van der Waals surface area contributed by atoms with Crippen LogP contribution in [0, 0.1) is 5.82 Å². The zero-order valence-electron chi connectivity index (χ0n) is 10.4. The molecule has 1 unspecified atom stereocenters. The molecule has 0 saturated heterocycles. The second kappa shape index (κ2) is 6.41. The van der Waals surface area contributed by atoms with Crippen molar-refractivity contribution in [2.24, 2.45) is 0 Å². The van der Waals surface area contributed by atoms with Gasteiger partial charge in [0.25, 0.3) is 0 Å². The zero-order valence-corrected chi connectivity index (χ0v) is 11.3. The standard InChI is InChI=1S/C13H18FNO2S/c1-9(17-15-18)10-6-7-12(14)13(8-10)16-11-4-2-3-5-11/h6-9,11,15,18H,2-5H2,1H3. The van der Waals surface area contributed by atoms with Crippen molar-refractivity contribution >= 4 is 12.8 Å². The first-order chi connectivity index (χ1) is 8.70. The van der Waals surface area contributed by atoms with Gasteiger partial charge in [0.15, 0.2) is 11.6 Å². The van der Waals surface area contributed by atoms with Gasteiger partial charge in [-0.3, -0.25) is 4.84 Å². The lowest BCUT2D eigenvalue weighted by Gasteiger charge is -2.16. The van der Waals surface area contributed by atoms with Gasteiger partial charge >= 0.3 is 0 Å². The summed E-state index contributed by atoms with van der Waals surface area (Å²) in [5.41, 5.74) is 0.853. The molecule has 1 fully saturated rings. The van der Waals surface area contributed by atoms with Gasteiger partial charge in [-0.25, -0.2) is 4.39 Å². The van der Waals surface area contributed by atoms with Crippen LogP contribution < -0.4 is 9.62 Å². The van der Waals surface area contributed by atoms with Gasteiger partial charge in [0, 0.05) is 0 Å². The summed E-state index contributed by atoms with van der Waals surface area (Å²) >= 11 is 3.77. The lowest BCUT2D eigenvalue weighted by Crippen LogP contribution is -2.13. The molecule has 1 aromatic carbocycles.